The Morgan fingerprint density at radius 3 is 2.83 bits per heavy atom. The van der Waals surface area contributed by atoms with Gasteiger partial charge in [0.05, 0.1) is 17.5 Å². The van der Waals surface area contributed by atoms with Gasteiger partial charge in [0.2, 0.25) is 0 Å². The van der Waals surface area contributed by atoms with Crippen molar-refractivity contribution in [2.24, 2.45) is 0 Å². The van der Waals surface area contributed by atoms with Crippen molar-refractivity contribution in [1.29, 1.82) is 0 Å². The number of fused-ring (bicyclic) bond motifs is 1. The molecule has 3 aromatic rings. The standard InChI is InChI=1S/C12H7BrN4O/c13-11-5-8(1-3-14-11)10-2-4-15-12-9(7-18)6-16-17(10)12/h1-7H. The molecular weight excluding hydrogens is 296 g/mol. The number of aromatic nitrogens is 4. The van der Waals surface area contributed by atoms with E-state index in [1.807, 2.05) is 18.2 Å². The minimum atomic E-state index is 0.477. The van der Waals surface area contributed by atoms with E-state index in [9.17, 15) is 4.79 Å². The molecule has 3 aromatic heterocycles. The lowest BCUT2D eigenvalue weighted by Crippen LogP contribution is -1.96. The monoisotopic (exact) mass is 302 g/mol. The highest BCUT2D eigenvalue weighted by Gasteiger charge is 2.09. The fraction of sp³-hybridized carbons (Fsp3) is 0. The van der Waals surface area contributed by atoms with Crippen LogP contribution >= 0.6 is 15.9 Å². The van der Waals surface area contributed by atoms with E-state index in [4.69, 9.17) is 0 Å². The van der Waals surface area contributed by atoms with Crippen LogP contribution in [0.5, 0.6) is 0 Å². The minimum Gasteiger partial charge on any atom is -0.298 e. The van der Waals surface area contributed by atoms with E-state index in [0.29, 0.717) is 11.2 Å². The summed E-state index contributed by atoms with van der Waals surface area (Å²) in [5.74, 6) is 0. The molecule has 0 N–H and O–H groups in total. The van der Waals surface area contributed by atoms with Crippen LogP contribution in [0.2, 0.25) is 0 Å². The van der Waals surface area contributed by atoms with Crippen molar-refractivity contribution in [2.45, 2.75) is 0 Å². The van der Waals surface area contributed by atoms with Gasteiger partial charge in [-0.25, -0.2) is 14.5 Å². The normalized spacial score (nSPS) is 10.7. The summed E-state index contributed by atoms with van der Waals surface area (Å²) in [7, 11) is 0. The fourth-order valence-electron chi connectivity index (χ4n) is 1.77. The Labute approximate surface area is 111 Å². The van der Waals surface area contributed by atoms with E-state index in [0.717, 1.165) is 22.1 Å². The third kappa shape index (κ3) is 1.70. The number of rotatable bonds is 2. The molecule has 6 heteroatoms. The molecule has 0 saturated carbocycles. The third-order valence-electron chi connectivity index (χ3n) is 2.58. The lowest BCUT2D eigenvalue weighted by molar-refractivity contribution is 0.112. The molecule has 0 aliphatic rings. The van der Waals surface area contributed by atoms with Gasteiger partial charge >= 0.3 is 0 Å². The number of nitrogens with zero attached hydrogens (tertiary/aromatic N) is 4. The second-order valence-electron chi connectivity index (χ2n) is 3.65. The summed E-state index contributed by atoms with van der Waals surface area (Å²) in [6.45, 7) is 0. The van der Waals surface area contributed by atoms with Crippen molar-refractivity contribution in [2.75, 3.05) is 0 Å². The summed E-state index contributed by atoms with van der Waals surface area (Å²) in [6, 6.07) is 5.61. The zero-order valence-electron chi connectivity index (χ0n) is 9.12. The van der Waals surface area contributed by atoms with Crippen LogP contribution in [0.1, 0.15) is 10.4 Å². The number of hydrogen-bond donors (Lipinski definition) is 0. The average Bonchev–Trinajstić information content (AvgIpc) is 2.81. The predicted octanol–water partition coefficient (Wildman–Crippen LogP) is 2.37. The second-order valence-corrected chi connectivity index (χ2v) is 4.46. The van der Waals surface area contributed by atoms with Gasteiger partial charge < -0.3 is 0 Å². The van der Waals surface area contributed by atoms with E-state index >= 15 is 0 Å². The molecule has 88 valence electrons. The SMILES string of the molecule is O=Cc1cnn2c(-c3ccnc(Br)c3)ccnc12. The second kappa shape index (κ2) is 4.30. The quantitative estimate of drug-likeness (QED) is 0.538. The van der Waals surface area contributed by atoms with Gasteiger partial charge in [0.15, 0.2) is 11.9 Å². The fourth-order valence-corrected chi connectivity index (χ4v) is 2.14. The molecule has 3 rings (SSSR count). The van der Waals surface area contributed by atoms with Crippen LogP contribution < -0.4 is 0 Å². The van der Waals surface area contributed by atoms with Crippen molar-refractivity contribution in [3.63, 3.8) is 0 Å². The summed E-state index contributed by atoms with van der Waals surface area (Å²) in [6.07, 6.45) is 5.63. The Balaban J connectivity index is 2.29. The number of carbonyl (C=O) groups is 1. The topological polar surface area (TPSA) is 60.2 Å². The Hall–Kier alpha value is -2.08. The van der Waals surface area contributed by atoms with Crippen LogP contribution in [0.15, 0.2) is 41.4 Å². The molecule has 3 heterocycles. The van der Waals surface area contributed by atoms with E-state index in [2.05, 4.69) is 31.0 Å². The largest absolute Gasteiger partial charge is 0.298 e. The molecule has 0 spiro atoms. The predicted molar refractivity (Wildman–Crippen MR) is 69.3 cm³/mol. The van der Waals surface area contributed by atoms with Gasteiger partial charge in [-0.15, -0.1) is 0 Å². The summed E-state index contributed by atoms with van der Waals surface area (Å²) in [5, 5.41) is 4.18. The van der Waals surface area contributed by atoms with Gasteiger partial charge in [-0.1, -0.05) is 0 Å². The zero-order chi connectivity index (χ0) is 12.5. The highest BCUT2D eigenvalue weighted by atomic mass is 79.9. The maximum absolute atomic E-state index is 10.9. The Bertz CT molecular complexity index is 738. The lowest BCUT2D eigenvalue weighted by Gasteiger charge is -2.04. The van der Waals surface area contributed by atoms with Gasteiger partial charge in [-0.3, -0.25) is 4.79 Å². The van der Waals surface area contributed by atoms with Gasteiger partial charge in [-0.2, -0.15) is 5.10 Å². The van der Waals surface area contributed by atoms with Gasteiger partial charge in [0.1, 0.15) is 4.60 Å². The Morgan fingerprint density at radius 1 is 1.22 bits per heavy atom. The molecule has 0 unspecified atom stereocenters. The first-order valence-electron chi connectivity index (χ1n) is 5.19. The van der Waals surface area contributed by atoms with Crippen LogP contribution in [-0.4, -0.2) is 25.9 Å². The van der Waals surface area contributed by atoms with Crippen molar-refractivity contribution >= 4 is 27.9 Å². The smallest absolute Gasteiger partial charge is 0.166 e. The number of hydrogen-bond acceptors (Lipinski definition) is 4. The van der Waals surface area contributed by atoms with E-state index < -0.39 is 0 Å². The molecular formula is C12H7BrN4O. The molecule has 0 saturated heterocycles. The minimum absolute atomic E-state index is 0.477. The summed E-state index contributed by atoms with van der Waals surface area (Å²) < 4.78 is 2.39. The number of halogens is 1. The van der Waals surface area contributed by atoms with Crippen LogP contribution in [0.3, 0.4) is 0 Å². The number of aldehydes is 1. The third-order valence-corrected chi connectivity index (χ3v) is 3.01. The van der Waals surface area contributed by atoms with E-state index in [1.165, 1.54) is 6.20 Å². The Morgan fingerprint density at radius 2 is 2.06 bits per heavy atom. The van der Waals surface area contributed by atoms with Crippen molar-refractivity contribution in [3.05, 3.63) is 47.0 Å². The first kappa shape index (κ1) is 11.0. The highest BCUT2D eigenvalue weighted by Crippen LogP contribution is 2.22. The average molecular weight is 303 g/mol. The van der Waals surface area contributed by atoms with Crippen molar-refractivity contribution in [3.8, 4) is 11.3 Å². The van der Waals surface area contributed by atoms with Crippen LogP contribution in [-0.2, 0) is 0 Å². The molecule has 0 radical (unpaired) electrons. The molecule has 18 heavy (non-hydrogen) atoms. The molecule has 0 aromatic carbocycles. The maximum Gasteiger partial charge on any atom is 0.166 e. The van der Waals surface area contributed by atoms with E-state index in [1.54, 1.807) is 16.9 Å². The molecule has 0 atom stereocenters. The van der Waals surface area contributed by atoms with Crippen LogP contribution in [0.25, 0.3) is 16.9 Å². The van der Waals surface area contributed by atoms with Gasteiger partial charge in [0.25, 0.3) is 0 Å². The molecule has 0 amide bonds. The van der Waals surface area contributed by atoms with Crippen molar-refractivity contribution < 1.29 is 4.79 Å². The molecule has 0 aliphatic heterocycles. The molecule has 0 fully saturated rings. The molecule has 5 nitrogen and oxygen atoms in total. The van der Waals surface area contributed by atoms with Gasteiger partial charge in [-0.05, 0) is 34.1 Å². The van der Waals surface area contributed by atoms with Crippen molar-refractivity contribution in [1.82, 2.24) is 19.6 Å². The first-order valence-corrected chi connectivity index (χ1v) is 5.99. The van der Waals surface area contributed by atoms with Gasteiger partial charge in [0, 0.05) is 18.0 Å². The van der Waals surface area contributed by atoms with Crippen LogP contribution in [0, 0.1) is 0 Å². The number of pyridine rings is 1. The highest BCUT2D eigenvalue weighted by molar-refractivity contribution is 9.10. The molecule has 0 bridgehead atoms. The van der Waals surface area contributed by atoms with Crippen LogP contribution in [0.4, 0.5) is 0 Å². The summed E-state index contributed by atoms with van der Waals surface area (Å²) in [5.41, 5.74) is 2.83. The van der Waals surface area contributed by atoms with E-state index in [-0.39, 0.29) is 0 Å². The summed E-state index contributed by atoms with van der Waals surface area (Å²) >= 11 is 3.33. The number of carbonyl (C=O) groups excluding carboxylic acids is 1. The summed E-state index contributed by atoms with van der Waals surface area (Å²) in [4.78, 5) is 19.1. The lowest BCUT2D eigenvalue weighted by atomic mass is 10.2. The Kier molecular flexibility index (Phi) is 2.64. The first-order chi connectivity index (χ1) is 8.79. The maximum atomic E-state index is 10.9. The molecule has 0 aliphatic carbocycles. The zero-order valence-corrected chi connectivity index (χ0v) is 10.7.